The average Bonchev–Trinajstić information content (AvgIpc) is 2.93. The molecular weight excluding hydrogens is 511 g/mol. The molecule has 5 rings (SSSR count). The smallest absolute Gasteiger partial charge is 0.419 e. The van der Waals surface area contributed by atoms with E-state index in [1.807, 2.05) is 43.3 Å². The van der Waals surface area contributed by atoms with Crippen molar-refractivity contribution in [1.29, 1.82) is 0 Å². The Morgan fingerprint density at radius 1 is 0.974 bits per heavy atom. The fraction of sp³-hybridized carbons (Fsp3) is 0.367. The number of carbonyl (C=O) groups is 1. The summed E-state index contributed by atoms with van der Waals surface area (Å²) in [6, 6.07) is 15.8. The van der Waals surface area contributed by atoms with E-state index < -0.39 is 11.7 Å². The lowest BCUT2D eigenvalue weighted by Gasteiger charge is -2.27. The number of carboxylic acid groups (broad SMARTS) is 1. The van der Waals surface area contributed by atoms with Crippen LogP contribution in [-0.2, 0) is 24.1 Å². The van der Waals surface area contributed by atoms with Crippen LogP contribution in [0.25, 0.3) is 11.1 Å². The van der Waals surface area contributed by atoms with Gasteiger partial charge in [-0.2, -0.15) is 13.2 Å². The quantitative estimate of drug-likeness (QED) is 0.348. The van der Waals surface area contributed by atoms with Gasteiger partial charge in [0, 0.05) is 6.54 Å². The molecule has 0 aromatic heterocycles. The normalized spacial score (nSPS) is 15.2. The topological polar surface area (TPSA) is 68.2 Å². The molecule has 0 unspecified atom stereocenters. The molecule has 39 heavy (non-hydrogen) atoms. The van der Waals surface area contributed by atoms with Crippen molar-refractivity contribution in [3.63, 3.8) is 0 Å². The Morgan fingerprint density at radius 3 is 2.41 bits per heavy atom. The van der Waals surface area contributed by atoms with Gasteiger partial charge in [-0.3, -0.25) is 9.69 Å². The molecule has 0 bridgehead atoms. The maximum Gasteiger partial charge on any atom is 0.419 e. The lowest BCUT2D eigenvalue weighted by Crippen LogP contribution is -2.29. The van der Waals surface area contributed by atoms with Crippen LogP contribution in [0.2, 0.25) is 0 Å². The molecule has 0 amide bonds. The number of nitrogens with zero attached hydrogens (tertiary/aromatic N) is 1. The van der Waals surface area contributed by atoms with E-state index in [1.54, 1.807) is 12.1 Å². The first-order chi connectivity index (χ1) is 18.8. The summed E-state index contributed by atoms with van der Waals surface area (Å²) >= 11 is 0. The predicted octanol–water partition coefficient (Wildman–Crippen LogP) is 6.72. The molecule has 0 radical (unpaired) electrons. The van der Waals surface area contributed by atoms with Gasteiger partial charge in [-0.15, -0.1) is 0 Å². The standard InChI is InChI=1S/C29H30F3NO3.CH2O2/c1-20-23(6-5-7-24(20)22-9-11-26-28(17-22)35-15-14-34-26)19-36-27-16-21(8-10-25(27)29(30,31)32)18-33-12-3-2-4-13-33;2-1-3/h5-11,16-17H,2-4,12-15,18-19H2,1H3;1H,(H,2,3). The van der Waals surface area contributed by atoms with E-state index in [1.165, 1.54) is 6.42 Å². The number of likely N-dealkylation sites (tertiary alicyclic amines) is 1. The highest BCUT2D eigenvalue weighted by molar-refractivity contribution is 5.71. The van der Waals surface area contributed by atoms with Crippen molar-refractivity contribution in [1.82, 2.24) is 4.90 Å². The van der Waals surface area contributed by atoms with Crippen LogP contribution in [0, 0.1) is 6.92 Å². The van der Waals surface area contributed by atoms with E-state index in [4.69, 9.17) is 24.1 Å². The summed E-state index contributed by atoms with van der Waals surface area (Å²) < 4.78 is 58.4. The van der Waals surface area contributed by atoms with Crippen molar-refractivity contribution in [2.75, 3.05) is 26.3 Å². The molecule has 0 spiro atoms. The number of piperidine rings is 1. The molecule has 1 N–H and O–H groups in total. The van der Waals surface area contributed by atoms with Gasteiger partial charge >= 0.3 is 6.18 Å². The Morgan fingerprint density at radius 2 is 1.69 bits per heavy atom. The first kappa shape index (κ1) is 28.3. The van der Waals surface area contributed by atoms with E-state index in [0.717, 1.165) is 59.8 Å². The summed E-state index contributed by atoms with van der Waals surface area (Å²) in [5.41, 5.74) is 3.80. The van der Waals surface area contributed by atoms with Gasteiger partial charge in [-0.1, -0.05) is 36.8 Å². The van der Waals surface area contributed by atoms with Gasteiger partial charge in [0.05, 0.1) is 5.56 Å². The van der Waals surface area contributed by atoms with Crippen molar-refractivity contribution >= 4 is 6.47 Å². The first-order valence-electron chi connectivity index (χ1n) is 12.9. The summed E-state index contributed by atoms with van der Waals surface area (Å²) in [7, 11) is 0. The highest BCUT2D eigenvalue weighted by Gasteiger charge is 2.34. The zero-order valence-electron chi connectivity index (χ0n) is 21.8. The van der Waals surface area contributed by atoms with Crippen LogP contribution >= 0.6 is 0 Å². The second-order valence-corrected chi connectivity index (χ2v) is 9.51. The maximum atomic E-state index is 13.8. The summed E-state index contributed by atoms with van der Waals surface area (Å²) in [5.74, 6) is 1.28. The monoisotopic (exact) mass is 543 g/mol. The minimum absolute atomic E-state index is 0.0421. The molecule has 1 fully saturated rings. The second kappa shape index (κ2) is 12.9. The van der Waals surface area contributed by atoms with Crippen molar-refractivity contribution < 1.29 is 37.3 Å². The maximum absolute atomic E-state index is 13.8. The molecule has 3 aromatic carbocycles. The summed E-state index contributed by atoms with van der Waals surface area (Å²) in [5, 5.41) is 6.89. The van der Waals surface area contributed by atoms with Crippen LogP contribution in [0.5, 0.6) is 17.2 Å². The molecule has 208 valence electrons. The lowest BCUT2D eigenvalue weighted by atomic mass is 9.96. The number of halogens is 3. The molecule has 0 atom stereocenters. The fourth-order valence-corrected chi connectivity index (χ4v) is 4.91. The Hall–Kier alpha value is -3.72. The van der Waals surface area contributed by atoms with Crippen LogP contribution in [0.3, 0.4) is 0 Å². The van der Waals surface area contributed by atoms with Crippen molar-refractivity contribution in [3.05, 3.63) is 76.9 Å². The van der Waals surface area contributed by atoms with E-state index >= 15 is 0 Å². The minimum Gasteiger partial charge on any atom is -0.488 e. The second-order valence-electron chi connectivity index (χ2n) is 9.51. The highest BCUT2D eigenvalue weighted by atomic mass is 19.4. The van der Waals surface area contributed by atoms with Crippen LogP contribution < -0.4 is 14.2 Å². The molecule has 2 heterocycles. The highest BCUT2D eigenvalue weighted by Crippen LogP contribution is 2.39. The molecule has 0 aliphatic carbocycles. The van der Waals surface area contributed by atoms with Crippen LogP contribution in [0.15, 0.2) is 54.6 Å². The average molecular weight is 544 g/mol. The third-order valence-electron chi connectivity index (χ3n) is 6.89. The minimum atomic E-state index is -4.49. The summed E-state index contributed by atoms with van der Waals surface area (Å²) in [6.07, 6.45) is -1.02. The van der Waals surface area contributed by atoms with Gasteiger partial charge in [0.25, 0.3) is 6.47 Å². The lowest BCUT2D eigenvalue weighted by molar-refractivity contribution is -0.139. The Balaban J connectivity index is 0.00000112. The van der Waals surface area contributed by atoms with Crippen molar-refractivity contribution in [2.24, 2.45) is 0 Å². The van der Waals surface area contributed by atoms with Gasteiger partial charge in [-0.05, 0) is 84.9 Å². The van der Waals surface area contributed by atoms with E-state index in [9.17, 15) is 13.2 Å². The van der Waals surface area contributed by atoms with Gasteiger partial charge in [0.1, 0.15) is 25.6 Å². The number of alkyl halides is 3. The number of hydrogen-bond acceptors (Lipinski definition) is 5. The summed E-state index contributed by atoms with van der Waals surface area (Å²) in [6.45, 7) is 5.36. The predicted molar refractivity (Wildman–Crippen MR) is 141 cm³/mol. The Bertz CT molecular complexity index is 1270. The van der Waals surface area contributed by atoms with Crippen LogP contribution in [0.1, 0.15) is 41.5 Å². The first-order valence-corrected chi connectivity index (χ1v) is 12.9. The Labute approximate surface area is 225 Å². The molecule has 2 aliphatic rings. The molecular formula is C30H32F3NO5. The van der Waals surface area contributed by atoms with Crippen LogP contribution in [0.4, 0.5) is 13.2 Å². The van der Waals surface area contributed by atoms with Crippen LogP contribution in [-0.4, -0.2) is 42.8 Å². The van der Waals surface area contributed by atoms with Gasteiger partial charge in [-0.25, -0.2) is 0 Å². The number of rotatable bonds is 6. The summed E-state index contributed by atoms with van der Waals surface area (Å²) in [4.78, 5) is 10.6. The molecule has 6 nitrogen and oxygen atoms in total. The molecule has 0 saturated carbocycles. The van der Waals surface area contributed by atoms with E-state index in [0.29, 0.717) is 31.3 Å². The van der Waals surface area contributed by atoms with Crippen molar-refractivity contribution in [3.8, 4) is 28.4 Å². The van der Waals surface area contributed by atoms with E-state index in [2.05, 4.69) is 4.90 Å². The Kier molecular flexibility index (Phi) is 9.35. The third kappa shape index (κ3) is 7.23. The number of hydrogen-bond donors (Lipinski definition) is 1. The van der Waals surface area contributed by atoms with Crippen molar-refractivity contribution in [2.45, 2.75) is 45.5 Å². The molecule has 2 aliphatic heterocycles. The number of benzene rings is 3. The zero-order valence-corrected chi connectivity index (χ0v) is 21.8. The third-order valence-corrected chi connectivity index (χ3v) is 6.89. The van der Waals surface area contributed by atoms with Gasteiger partial charge in [0.15, 0.2) is 11.5 Å². The molecule has 1 saturated heterocycles. The number of fused-ring (bicyclic) bond motifs is 1. The SMILES string of the molecule is Cc1c(COc2cc(CN3CCCCC3)ccc2C(F)(F)F)cccc1-c1ccc2c(c1)OCCO2.O=CO. The van der Waals surface area contributed by atoms with Gasteiger partial charge < -0.3 is 19.3 Å². The van der Waals surface area contributed by atoms with Gasteiger partial charge in [0.2, 0.25) is 0 Å². The fourth-order valence-electron chi connectivity index (χ4n) is 4.91. The van der Waals surface area contributed by atoms with E-state index in [-0.39, 0.29) is 18.8 Å². The molecule has 9 heteroatoms. The zero-order chi connectivity index (χ0) is 27.8. The largest absolute Gasteiger partial charge is 0.488 e. The molecule has 3 aromatic rings. The number of ether oxygens (including phenoxy) is 3.